The normalized spacial score (nSPS) is 12.3. The number of carboxylic acids is 1. The summed E-state index contributed by atoms with van der Waals surface area (Å²) in [6.45, 7) is -0.837. The molecule has 1 aromatic rings. The summed E-state index contributed by atoms with van der Waals surface area (Å²) < 4.78 is 33.7. The van der Waals surface area contributed by atoms with Gasteiger partial charge in [-0.3, -0.25) is 4.79 Å². The summed E-state index contributed by atoms with van der Waals surface area (Å²) in [6, 6.07) is 3.11. The van der Waals surface area contributed by atoms with Gasteiger partial charge in [-0.25, -0.2) is 0 Å². The lowest BCUT2D eigenvalue weighted by Crippen LogP contribution is -2.28. The van der Waals surface area contributed by atoms with E-state index in [2.05, 4.69) is 10.1 Å². The van der Waals surface area contributed by atoms with E-state index in [1.807, 2.05) is 0 Å². The van der Waals surface area contributed by atoms with Crippen LogP contribution in [0.25, 0.3) is 0 Å². The van der Waals surface area contributed by atoms with Gasteiger partial charge in [-0.2, -0.15) is 8.78 Å². The highest BCUT2D eigenvalue weighted by Crippen LogP contribution is 2.31. The number of ether oxygens (including phenoxy) is 2. The minimum absolute atomic E-state index is 0.115. The molecule has 7 heteroatoms. The highest BCUT2D eigenvalue weighted by molar-refractivity contribution is 5.76. The average molecular weight is 275 g/mol. The molecule has 2 N–H and O–H groups in total. The minimum Gasteiger partial charge on any atom is -0.493 e. The van der Waals surface area contributed by atoms with E-state index < -0.39 is 18.6 Å². The zero-order valence-corrected chi connectivity index (χ0v) is 10.5. The molecule has 0 radical (unpaired) electrons. The van der Waals surface area contributed by atoms with Gasteiger partial charge in [-0.15, -0.1) is 0 Å². The van der Waals surface area contributed by atoms with Gasteiger partial charge >= 0.3 is 12.6 Å². The molecular weight excluding hydrogens is 260 g/mol. The Balaban J connectivity index is 3.11. The molecule has 1 aromatic carbocycles. The van der Waals surface area contributed by atoms with Gasteiger partial charge in [0.2, 0.25) is 0 Å². The van der Waals surface area contributed by atoms with Gasteiger partial charge in [-0.05, 0) is 24.2 Å². The van der Waals surface area contributed by atoms with Crippen LogP contribution in [-0.2, 0) is 4.79 Å². The van der Waals surface area contributed by atoms with Crippen molar-refractivity contribution in [3.05, 3.63) is 23.8 Å². The molecule has 1 unspecified atom stereocenters. The lowest BCUT2D eigenvalue weighted by Gasteiger charge is -2.16. The lowest BCUT2D eigenvalue weighted by atomic mass is 10.1. The molecule has 0 aliphatic rings. The molecule has 0 spiro atoms. The third-order valence-electron chi connectivity index (χ3n) is 2.39. The predicted octanol–water partition coefficient (Wildman–Crippen LogP) is 2.03. The molecule has 0 amide bonds. The maximum atomic E-state index is 12.3. The van der Waals surface area contributed by atoms with Gasteiger partial charge in [-0.1, -0.05) is 13.0 Å². The van der Waals surface area contributed by atoms with Crippen LogP contribution < -0.4 is 14.8 Å². The molecule has 5 nitrogen and oxygen atoms in total. The molecule has 1 rings (SSSR count). The zero-order valence-electron chi connectivity index (χ0n) is 10.5. The standard InChI is InChI=1S/C12H15F2NO4/c1-3-15-10(11(16)17)7-4-5-8(18-2)9(6-7)19-12(13)14/h4-6,10,12,15H,3H2,1-2H3,(H,16,17). The van der Waals surface area contributed by atoms with E-state index in [4.69, 9.17) is 9.84 Å². The molecular formula is C12H15F2NO4. The molecule has 0 saturated carbocycles. The summed E-state index contributed by atoms with van der Waals surface area (Å²) in [5.74, 6) is -1.18. The summed E-state index contributed by atoms with van der Waals surface area (Å²) in [5, 5.41) is 11.8. The molecule has 1 atom stereocenters. The highest BCUT2D eigenvalue weighted by Gasteiger charge is 2.21. The van der Waals surface area contributed by atoms with Crippen LogP contribution in [0.5, 0.6) is 11.5 Å². The number of hydrogen-bond donors (Lipinski definition) is 2. The summed E-state index contributed by atoms with van der Waals surface area (Å²) >= 11 is 0. The van der Waals surface area contributed by atoms with Gasteiger partial charge in [0.1, 0.15) is 6.04 Å². The van der Waals surface area contributed by atoms with Crippen LogP contribution in [0, 0.1) is 0 Å². The molecule has 0 fully saturated rings. The van der Waals surface area contributed by atoms with E-state index in [9.17, 15) is 13.6 Å². The van der Waals surface area contributed by atoms with Gasteiger partial charge < -0.3 is 19.9 Å². The van der Waals surface area contributed by atoms with E-state index >= 15 is 0 Å². The van der Waals surface area contributed by atoms with Crippen LogP contribution in [0.3, 0.4) is 0 Å². The number of aliphatic carboxylic acids is 1. The molecule has 0 saturated heterocycles. The minimum atomic E-state index is -3.01. The Morgan fingerprint density at radius 2 is 2.11 bits per heavy atom. The summed E-state index contributed by atoms with van der Waals surface area (Å²) in [6.07, 6.45) is 0. The van der Waals surface area contributed by atoms with Crippen LogP contribution >= 0.6 is 0 Å². The first-order valence-electron chi connectivity index (χ1n) is 5.58. The van der Waals surface area contributed by atoms with Crippen molar-refractivity contribution in [1.29, 1.82) is 0 Å². The van der Waals surface area contributed by atoms with E-state index in [1.165, 1.54) is 25.3 Å². The smallest absolute Gasteiger partial charge is 0.387 e. The number of hydrogen-bond acceptors (Lipinski definition) is 4. The van der Waals surface area contributed by atoms with Crippen LogP contribution in [0.4, 0.5) is 8.78 Å². The number of carbonyl (C=O) groups is 1. The monoisotopic (exact) mass is 275 g/mol. The quantitative estimate of drug-likeness (QED) is 0.797. The second-order valence-electron chi connectivity index (χ2n) is 3.62. The number of likely N-dealkylation sites (N-methyl/N-ethyl adjacent to an activating group) is 1. The van der Waals surface area contributed by atoms with Crippen LogP contribution in [0.15, 0.2) is 18.2 Å². The maximum absolute atomic E-state index is 12.3. The average Bonchev–Trinajstić information content (AvgIpc) is 2.34. The molecule has 0 heterocycles. The van der Waals surface area contributed by atoms with Crippen LogP contribution in [-0.4, -0.2) is 31.3 Å². The van der Waals surface area contributed by atoms with E-state index in [-0.39, 0.29) is 11.5 Å². The highest BCUT2D eigenvalue weighted by atomic mass is 19.3. The number of halogens is 2. The first-order valence-corrected chi connectivity index (χ1v) is 5.58. The first-order chi connectivity index (χ1) is 8.99. The van der Waals surface area contributed by atoms with Crippen molar-refractivity contribution >= 4 is 5.97 Å². The fraction of sp³-hybridized carbons (Fsp3) is 0.417. The van der Waals surface area contributed by atoms with Crippen molar-refractivity contribution in [3.8, 4) is 11.5 Å². The van der Waals surface area contributed by atoms with E-state index in [0.717, 1.165) is 0 Å². The lowest BCUT2D eigenvalue weighted by molar-refractivity contribution is -0.139. The molecule has 0 aromatic heterocycles. The number of methoxy groups -OCH3 is 1. The third kappa shape index (κ3) is 4.06. The Hall–Kier alpha value is -1.89. The fourth-order valence-electron chi connectivity index (χ4n) is 1.61. The number of nitrogens with one attached hydrogen (secondary N) is 1. The van der Waals surface area contributed by atoms with Crippen LogP contribution in [0.2, 0.25) is 0 Å². The Labute approximate surface area is 109 Å². The maximum Gasteiger partial charge on any atom is 0.387 e. The Morgan fingerprint density at radius 3 is 2.58 bits per heavy atom. The number of alkyl halides is 2. The van der Waals surface area contributed by atoms with Crippen molar-refractivity contribution in [1.82, 2.24) is 5.32 Å². The van der Waals surface area contributed by atoms with Crippen molar-refractivity contribution in [2.75, 3.05) is 13.7 Å². The van der Waals surface area contributed by atoms with Crippen molar-refractivity contribution in [2.45, 2.75) is 19.6 Å². The van der Waals surface area contributed by atoms with E-state index in [1.54, 1.807) is 6.92 Å². The number of carboxylic acid groups (broad SMARTS) is 1. The SMILES string of the molecule is CCNC(C(=O)O)c1ccc(OC)c(OC(F)F)c1. The number of benzene rings is 1. The van der Waals surface area contributed by atoms with Gasteiger partial charge in [0.25, 0.3) is 0 Å². The van der Waals surface area contributed by atoms with Gasteiger partial charge in [0, 0.05) is 0 Å². The Kier molecular flexibility index (Phi) is 5.50. The summed E-state index contributed by atoms with van der Waals surface area (Å²) in [7, 11) is 1.31. The van der Waals surface area contributed by atoms with Gasteiger partial charge in [0.05, 0.1) is 7.11 Å². The van der Waals surface area contributed by atoms with E-state index in [0.29, 0.717) is 12.1 Å². The summed E-state index contributed by atoms with van der Waals surface area (Å²) in [4.78, 5) is 11.1. The third-order valence-corrected chi connectivity index (χ3v) is 2.39. The zero-order chi connectivity index (χ0) is 14.4. The molecule has 106 valence electrons. The topological polar surface area (TPSA) is 67.8 Å². The largest absolute Gasteiger partial charge is 0.493 e. The predicted molar refractivity (Wildman–Crippen MR) is 63.7 cm³/mol. The molecule has 0 aliphatic heterocycles. The Morgan fingerprint density at radius 1 is 1.42 bits per heavy atom. The van der Waals surface area contributed by atoms with Gasteiger partial charge in [0.15, 0.2) is 11.5 Å². The van der Waals surface area contributed by atoms with Crippen molar-refractivity contribution < 1.29 is 28.2 Å². The summed E-state index contributed by atoms with van der Waals surface area (Å²) in [5.41, 5.74) is 0.311. The molecule has 0 bridgehead atoms. The van der Waals surface area contributed by atoms with Crippen molar-refractivity contribution in [2.24, 2.45) is 0 Å². The van der Waals surface area contributed by atoms with Crippen LogP contribution in [0.1, 0.15) is 18.5 Å². The second-order valence-corrected chi connectivity index (χ2v) is 3.62. The fourth-order valence-corrected chi connectivity index (χ4v) is 1.61. The number of rotatable bonds is 7. The molecule has 0 aliphatic carbocycles. The Bertz CT molecular complexity index is 440. The van der Waals surface area contributed by atoms with Crippen molar-refractivity contribution in [3.63, 3.8) is 0 Å². The molecule has 19 heavy (non-hydrogen) atoms. The first kappa shape index (κ1) is 15.2. The second kappa shape index (κ2) is 6.89.